The zero-order valence-corrected chi connectivity index (χ0v) is 15.6. The van der Waals surface area contributed by atoms with E-state index >= 15 is 0 Å². The summed E-state index contributed by atoms with van der Waals surface area (Å²) < 4.78 is 0. The van der Waals surface area contributed by atoms with Crippen LogP contribution in [0, 0.1) is 5.92 Å². The normalized spacial score (nSPS) is 18.8. The lowest BCUT2D eigenvalue weighted by Crippen LogP contribution is -2.50. The van der Waals surface area contributed by atoms with Gasteiger partial charge in [0.05, 0.1) is 0 Å². The van der Waals surface area contributed by atoms with Crippen LogP contribution >= 0.6 is 0 Å². The van der Waals surface area contributed by atoms with E-state index in [1.807, 2.05) is 0 Å². The number of aliphatic carboxylic acids is 1. The highest BCUT2D eigenvalue weighted by atomic mass is 16.4. The van der Waals surface area contributed by atoms with Crippen LogP contribution in [0.1, 0.15) is 57.4 Å². The van der Waals surface area contributed by atoms with Gasteiger partial charge in [0.1, 0.15) is 5.54 Å². The number of carbonyl (C=O) groups is 1. The third-order valence-electron chi connectivity index (χ3n) is 5.60. The second-order valence-electron chi connectivity index (χ2n) is 7.64. The van der Waals surface area contributed by atoms with Gasteiger partial charge in [-0.15, -0.1) is 0 Å². The molecule has 1 aliphatic rings. The van der Waals surface area contributed by atoms with Crippen molar-refractivity contribution in [2.75, 3.05) is 19.6 Å². The molecule has 0 radical (unpaired) electrons. The predicted molar refractivity (Wildman–Crippen MR) is 103 cm³/mol. The Hall–Kier alpha value is -1.39. The highest BCUT2D eigenvalue weighted by Crippen LogP contribution is 2.23. The number of hydrogen-bond donors (Lipinski definition) is 2. The van der Waals surface area contributed by atoms with Crippen LogP contribution in [-0.2, 0) is 11.2 Å². The van der Waals surface area contributed by atoms with Crippen molar-refractivity contribution in [1.29, 1.82) is 0 Å². The van der Waals surface area contributed by atoms with Crippen LogP contribution in [0.15, 0.2) is 30.3 Å². The smallest absolute Gasteiger partial charge is 0.323 e. The quantitative estimate of drug-likeness (QED) is 0.634. The molecule has 0 amide bonds. The molecule has 1 fully saturated rings. The molecule has 0 spiro atoms. The Morgan fingerprint density at radius 2 is 1.88 bits per heavy atom. The maximum Gasteiger partial charge on any atom is 0.323 e. The molecular weight excluding hydrogens is 312 g/mol. The molecular formula is C21H34N2O2. The first-order valence-corrected chi connectivity index (χ1v) is 9.82. The molecule has 2 rings (SSSR count). The van der Waals surface area contributed by atoms with E-state index in [-0.39, 0.29) is 0 Å². The molecule has 4 nitrogen and oxygen atoms in total. The van der Waals surface area contributed by atoms with E-state index in [2.05, 4.69) is 42.2 Å². The molecule has 1 aromatic carbocycles. The predicted octanol–water partition coefficient (Wildman–Crippen LogP) is 3.69. The number of nitrogens with two attached hydrogens (primary N) is 1. The summed E-state index contributed by atoms with van der Waals surface area (Å²) in [6.07, 6.45) is 7.71. The summed E-state index contributed by atoms with van der Waals surface area (Å²) in [5.74, 6) is -0.104. The number of likely N-dealkylation sites (tertiary alicyclic amines) is 1. The van der Waals surface area contributed by atoms with E-state index in [9.17, 15) is 9.90 Å². The number of piperidine rings is 1. The molecule has 1 saturated heterocycles. The Labute approximate surface area is 152 Å². The minimum absolute atomic E-state index is 0.551. The number of hydrogen-bond acceptors (Lipinski definition) is 3. The van der Waals surface area contributed by atoms with Gasteiger partial charge in [-0.1, -0.05) is 56.5 Å². The van der Waals surface area contributed by atoms with Gasteiger partial charge in [0.15, 0.2) is 0 Å². The van der Waals surface area contributed by atoms with Crippen molar-refractivity contribution in [2.24, 2.45) is 11.7 Å². The van der Waals surface area contributed by atoms with Crippen molar-refractivity contribution < 1.29 is 9.90 Å². The van der Waals surface area contributed by atoms with Gasteiger partial charge in [-0.3, -0.25) is 4.79 Å². The molecule has 1 heterocycles. The molecule has 0 saturated carbocycles. The van der Waals surface area contributed by atoms with Gasteiger partial charge in [-0.05, 0) is 56.7 Å². The maximum atomic E-state index is 11.6. The third kappa shape index (κ3) is 6.44. The molecule has 1 unspecified atom stereocenters. The van der Waals surface area contributed by atoms with Crippen LogP contribution < -0.4 is 5.73 Å². The molecule has 3 N–H and O–H groups in total. The summed E-state index contributed by atoms with van der Waals surface area (Å²) in [5, 5.41) is 9.52. The van der Waals surface area contributed by atoms with Crippen LogP contribution in [0.4, 0.5) is 0 Å². The average molecular weight is 347 g/mol. The van der Waals surface area contributed by atoms with Gasteiger partial charge in [0.2, 0.25) is 0 Å². The fraction of sp³-hybridized carbons (Fsp3) is 0.667. The fourth-order valence-electron chi connectivity index (χ4n) is 3.75. The lowest BCUT2D eigenvalue weighted by atomic mass is 9.88. The Morgan fingerprint density at radius 1 is 1.20 bits per heavy atom. The fourth-order valence-corrected chi connectivity index (χ4v) is 3.75. The number of carboxylic acids is 1. The van der Waals surface area contributed by atoms with Crippen molar-refractivity contribution in [3.05, 3.63) is 35.9 Å². The average Bonchev–Trinajstić information content (AvgIpc) is 2.62. The van der Waals surface area contributed by atoms with E-state index in [4.69, 9.17) is 5.73 Å². The summed E-state index contributed by atoms with van der Waals surface area (Å²) in [4.78, 5) is 14.0. The third-order valence-corrected chi connectivity index (χ3v) is 5.60. The summed E-state index contributed by atoms with van der Waals surface area (Å²) in [6.45, 7) is 5.04. The Bertz CT molecular complexity index is 512. The number of unbranched alkanes of at least 4 members (excludes halogenated alkanes) is 2. The van der Waals surface area contributed by atoms with Gasteiger partial charge < -0.3 is 15.7 Å². The summed E-state index contributed by atoms with van der Waals surface area (Å²) in [5.41, 5.74) is 6.56. The first kappa shape index (κ1) is 19.9. The van der Waals surface area contributed by atoms with Crippen LogP contribution in [0.5, 0.6) is 0 Å². The van der Waals surface area contributed by atoms with E-state index in [1.165, 1.54) is 18.4 Å². The summed E-state index contributed by atoms with van der Waals surface area (Å²) in [6, 6.07) is 10.7. The second kappa shape index (κ2) is 9.93. The Kier molecular flexibility index (Phi) is 7.91. The zero-order chi connectivity index (χ0) is 18.1. The summed E-state index contributed by atoms with van der Waals surface area (Å²) in [7, 11) is 0. The van der Waals surface area contributed by atoms with Crippen LogP contribution in [-0.4, -0.2) is 41.1 Å². The molecule has 0 aromatic heterocycles. The lowest BCUT2D eigenvalue weighted by molar-refractivity contribution is -0.144. The van der Waals surface area contributed by atoms with Crippen molar-refractivity contribution in [3.8, 4) is 0 Å². The highest BCUT2D eigenvalue weighted by Gasteiger charge is 2.33. The molecule has 4 heteroatoms. The van der Waals surface area contributed by atoms with Gasteiger partial charge in [0, 0.05) is 6.54 Å². The standard InChI is InChI=1S/C21H34N2O2/c1-2-3-7-12-21(22,20(24)25)13-16-23-14-10-19(11-15-23)17-18-8-5-4-6-9-18/h4-6,8-9,19H,2-3,7,10-17,22H2,1H3,(H,24,25). The Morgan fingerprint density at radius 3 is 2.48 bits per heavy atom. The molecule has 0 aliphatic carbocycles. The first-order chi connectivity index (χ1) is 12.0. The number of benzene rings is 1. The van der Waals surface area contributed by atoms with E-state index in [1.54, 1.807) is 0 Å². The lowest BCUT2D eigenvalue weighted by Gasteiger charge is -2.34. The van der Waals surface area contributed by atoms with Crippen LogP contribution in [0.2, 0.25) is 0 Å². The molecule has 1 aliphatic heterocycles. The van der Waals surface area contributed by atoms with E-state index in [0.717, 1.165) is 51.2 Å². The summed E-state index contributed by atoms with van der Waals surface area (Å²) >= 11 is 0. The van der Waals surface area contributed by atoms with Crippen molar-refractivity contribution >= 4 is 5.97 Å². The first-order valence-electron chi connectivity index (χ1n) is 9.82. The minimum atomic E-state index is -1.06. The monoisotopic (exact) mass is 346 g/mol. The number of nitrogens with zero attached hydrogens (tertiary/aromatic N) is 1. The molecule has 1 atom stereocenters. The largest absolute Gasteiger partial charge is 0.480 e. The number of rotatable bonds is 10. The van der Waals surface area contributed by atoms with Crippen LogP contribution in [0.25, 0.3) is 0 Å². The van der Waals surface area contributed by atoms with Crippen molar-refractivity contribution in [1.82, 2.24) is 4.90 Å². The highest BCUT2D eigenvalue weighted by molar-refractivity contribution is 5.78. The minimum Gasteiger partial charge on any atom is -0.480 e. The van der Waals surface area contributed by atoms with Gasteiger partial charge in [-0.2, -0.15) is 0 Å². The van der Waals surface area contributed by atoms with Crippen LogP contribution in [0.3, 0.4) is 0 Å². The SMILES string of the molecule is CCCCCC(N)(CCN1CCC(Cc2ccccc2)CC1)C(=O)O. The van der Waals surface area contributed by atoms with Gasteiger partial charge in [0.25, 0.3) is 0 Å². The van der Waals surface area contributed by atoms with E-state index in [0.29, 0.717) is 12.8 Å². The van der Waals surface area contributed by atoms with Gasteiger partial charge >= 0.3 is 5.97 Å². The van der Waals surface area contributed by atoms with Gasteiger partial charge in [-0.25, -0.2) is 0 Å². The molecule has 25 heavy (non-hydrogen) atoms. The van der Waals surface area contributed by atoms with Crippen molar-refractivity contribution in [3.63, 3.8) is 0 Å². The van der Waals surface area contributed by atoms with Crippen molar-refractivity contribution in [2.45, 2.75) is 63.8 Å². The topological polar surface area (TPSA) is 66.6 Å². The Balaban J connectivity index is 1.74. The molecule has 0 bridgehead atoms. The number of carboxylic acid groups (broad SMARTS) is 1. The second-order valence-corrected chi connectivity index (χ2v) is 7.64. The zero-order valence-electron chi connectivity index (χ0n) is 15.6. The van der Waals surface area contributed by atoms with E-state index < -0.39 is 11.5 Å². The maximum absolute atomic E-state index is 11.6. The molecule has 1 aromatic rings. The molecule has 140 valence electrons.